The van der Waals surface area contributed by atoms with Crippen LogP contribution in [0.15, 0.2) is 24.3 Å². The van der Waals surface area contributed by atoms with E-state index in [0.29, 0.717) is 6.42 Å². The maximum absolute atomic E-state index is 12.1. The first-order valence-electron chi connectivity index (χ1n) is 7.69. The molecular formula is C17H27NO2. The molecule has 20 heavy (non-hydrogen) atoms. The lowest BCUT2D eigenvalue weighted by Gasteiger charge is -2.17. The van der Waals surface area contributed by atoms with Crippen LogP contribution in [0.2, 0.25) is 0 Å². The summed E-state index contributed by atoms with van der Waals surface area (Å²) in [5.74, 6) is 1.05. The highest BCUT2D eigenvalue weighted by Gasteiger charge is 2.08. The van der Waals surface area contributed by atoms with Crippen molar-refractivity contribution >= 4 is 5.78 Å². The number of benzene rings is 1. The molecule has 0 radical (unpaired) electrons. The quantitative estimate of drug-likeness (QED) is 0.481. The van der Waals surface area contributed by atoms with Crippen LogP contribution in [0.4, 0.5) is 0 Å². The summed E-state index contributed by atoms with van der Waals surface area (Å²) in [5, 5.41) is 0. The first-order valence-corrected chi connectivity index (χ1v) is 7.69. The van der Waals surface area contributed by atoms with Crippen LogP contribution < -0.4 is 4.74 Å². The number of hydrogen-bond acceptors (Lipinski definition) is 3. The number of nitrogens with zero attached hydrogens (tertiary/aromatic N) is 1. The van der Waals surface area contributed by atoms with Gasteiger partial charge in [0, 0.05) is 18.5 Å². The van der Waals surface area contributed by atoms with Crippen LogP contribution in [0.3, 0.4) is 0 Å². The van der Waals surface area contributed by atoms with E-state index in [1.54, 1.807) is 0 Å². The molecular weight excluding hydrogens is 250 g/mol. The number of hydrogen-bond donors (Lipinski definition) is 0. The monoisotopic (exact) mass is 277 g/mol. The standard InChI is InChI=1S/C17H27NO2/c1-4-7-14-20-16-10-8-15(9-11-16)17(19)12-13-18(5-2)6-3/h8-11H,4-7,12-14H2,1-3H3. The van der Waals surface area contributed by atoms with Gasteiger partial charge in [-0.05, 0) is 43.8 Å². The average Bonchev–Trinajstić information content (AvgIpc) is 2.49. The zero-order valence-corrected chi connectivity index (χ0v) is 13.0. The van der Waals surface area contributed by atoms with Crippen molar-refractivity contribution in [2.45, 2.75) is 40.0 Å². The number of carbonyl (C=O) groups is 1. The second-order valence-electron chi connectivity index (χ2n) is 4.93. The maximum atomic E-state index is 12.1. The number of Topliss-reactive ketones (excluding diaryl/α,β-unsaturated/α-hetero) is 1. The van der Waals surface area contributed by atoms with E-state index in [-0.39, 0.29) is 5.78 Å². The van der Waals surface area contributed by atoms with Gasteiger partial charge in [0.2, 0.25) is 0 Å². The summed E-state index contributed by atoms with van der Waals surface area (Å²) in [4.78, 5) is 14.3. The molecule has 0 spiro atoms. The Balaban J connectivity index is 2.44. The summed E-state index contributed by atoms with van der Waals surface area (Å²) in [6, 6.07) is 7.51. The van der Waals surface area contributed by atoms with Crippen LogP contribution in [0.5, 0.6) is 5.75 Å². The number of carbonyl (C=O) groups excluding carboxylic acids is 1. The van der Waals surface area contributed by atoms with E-state index in [2.05, 4.69) is 25.7 Å². The molecule has 0 aliphatic heterocycles. The van der Waals surface area contributed by atoms with Gasteiger partial charge >= 0.3 is 0 Å². The van der Waals surface area contributed by atoms with Crippen LogP contribution >= 0.6 is 0 Å². The molecule has 0 heterocycles. The highest BCUT2D eigenvalue weighted by molar-refractivity contribution is 5.96. The fourth-order valence-corrected chi connectivity index (χ4v) is 2.02. The molecule has 0 saturated heterocycles. The molecule has 3 heteroatoms. The lowest BCUT2D eigenvalue weighted by atomic mass is 10.1. The minimum atomic E-state index is 0.206. The smallest absolute Gasteiger partial charge is 0.164 e. The van der Waals surface area contributed by atoms with Gasteiger partial charge in [0.1, 0.15) is 5.75 Å². The van der Waals surface area contributed by atoms with Crippen molar-refractivity contribution in [1.82, 2.24) is 4.90 Å². The topological polar surface area (TPSA) is 29.5 Å². The van der Waals surface area contributed by atoms with Gasteiger partial charge in [-0.25, -0.2) is 0 Å². The lowest BCUT2D eigenvalue weighted by Crippen LogP contribution is -2.25. The van der Waals surface area contributed by atoms with Gasteiger partial charge in [0.05, 0.1) is 6.61 Å². The number of unbranched alkanes of at least 4 members (excludes halogenated alkanes) is 1. The molecule has 112 valence electrons. The number of rotatable bonds is 10. The molecule has 0 saturated carbocycles. The summed E-state index contributed by atoms with van der Waals surface area (Å²) >= 11 is 0. The molecule has 1 aromatic carbocycles. The fraction of sp³-hybridized carbons (Fsp3) is 0.588. The number of ketones is 1. The van der Waals surface area contributed by atoms with E-state index < -0.39 is 0 Å². The van der Waals surface area contributed by atoms with Crippen molar-refractivity contribution in [2.75, 3.05) is 26.2 Å². The third-order valence-electron chi connectivity index (χ3n) is 3.49. The van der Waals surface area contributed by atoms with E-state index in [4.69, 9.17) is 4.74 Å². The van der Waals surface area contributed by atoms with Crippen molar-refractivity contribution in [3.63, 3.8) is 0 Å². The molecule has 1 rings (SSSR count). The van der Waals surface area contributed by atoms with Gasteiger partial charge in [0.25, 0.3) is 0 Å². The SMILES string of the molecule is CCCCOc1ccc(C(=O)CCN(CC)CC)cc1. The molecule has 0 N–H and O–H groups in total. The zero-order chi connectivity index (χ0) is 14.8. The van der Waals surface area contributed by atoms with Crippen molar-refractivity contribution in [1.29, 1.82) is 0 Å². The van der Waals surface area contributed by atoms with Gasteiger partial charge < -0.3 is 9.64 Å². The van der Waals surface area contributed by atoms with Crippen LogP contribution in [0.25, 0.3) is 0 Å². The molecule has 0 amide bonds. The summed E-state index contributed by atoms with van der Waals surface area (Å²) in [5.41, 5.74) is 0.778. The number of ether oxygens (including phenoxy) is 1. The average molecular weight is 277 g/mol. The van der Waals surface area contributed by atoms with E-state index >= 15 is 0 Å². The minimum Gasteiger partial charge on any atom is -0.494 e. The van der Waals surface area contributed by atoms with Gasteiger partial charge in [-0.2, -0.15) is 0 Å². The Bertz CT molecular complexity index is 382. The third kappa shape index (κ3) is 5.74. The van der Waals surface area contributed by atoms with Gasteiger partial charge in [-0.1, -0.05) is 27.2 Å². The second kappa shape index (κ2) is 9.54. The van der Waals surface area contributed by atoms with Crippen LogP contribution in [0.1, 0.15) is 50.4 Å². The van der Waals surface area contributed by atoms with Crippen LogP contribution in [0, 0.1) is 0 Å². The summed E-state index contributed by atoms with van der Waals surface area (Å²) in [6.07, 6.45) is 2.77. The highest BCUT2D eigenvalue weighted by atomic mass is 16.5. The van der Waals surface area contributed by atoms with E-state index in [1.165, 1.54) is 0 Å². The van der Waals surface area contributed by atoms with Gasteiger partial charge in [-0.15, -0.1) is 0 Å². The van der Waals surface area contributed by atoms with Crippen molar-refractivity contribution < 1.29 is 9.53 Å². The molecule has 3 nitrogen and oxygen atoms in total. The Kier molecular flexibility index (Phi) is 7.97. The summed E-state index contributed by atoms with van der Waals surface area (Å²) in [7, 11) is 0. The Morgan fingerprint density at radius 3 is 2.30 bits per heavy atom. The van der Waals surface area contributed by atoms with Crippen molar-refractivity contribution in [3.8, 4) is 5.75 Å². The van der Waals surface area contributed by atoms with Crippen LogP contribution in [-0.2, 0) is 0 Å². The van der Waals surface area contributed by atoms with Crippen molar-refractivity contribution in [3.05, 3.63) is 29.8 Å². The van der Waals surface area contributed by atoms with E-state index in [9.17, 15) is 4.79 Å². The Morgan fingerprint density at radius 2 is 1.75 bits per heavy atom. The fourth-order valence-electron chi connectivity index (χ4n) is 2.02. The molecule has 0 unspecified atom stereocenters. The largest absolute Gasteiger partial charge is 0.494 e. The third-order valence-corrected chi connectivity index (χ3v) is 3.49. The Labute approximate surface area is 122 Å². The van der Waals surface area contributed by atoms with E-state index in [1.807, 2.05) is 24.3 Å². The zero-order valence-electron chi connectivity index (χ0n) is 13.0. The molecule has 0 aromatic heterocycles. The Hall–Kier alpha value is -1.35. The first kappa shape index (κ1) is 16.7. The molecule has 0 aliphatic carbocycles. The maximum Gasteiger partial charge on any atom is 0.164 e. The van der Waals surface area contributed by atoms with Crippen molar-refractivity contribution in [2.24, 2.45) is 0 Å². The molecule has 0 atom stereocenters. The van der Waals surface area contributed by atoms with Gasteiger partial charge in [0.15, 0.2) is 5.78 Å². The first-order chi connectivity index (χ1) is 9.71. The summed E-state index contributed by atoms with van der Waals surface area (Å²) < 4.78 is 5.59. The molecule has 0 bridgehead atoms. The van der Waals surface area contributed by atoms with Gasteiger partial charge in [-0.3, -0.25) is 4.79 Å². The molecule has 0 fully saturated rings. The van der Waals surface area contributed by atoms with Crippen LogP contribution in [-0.4, -0.2) is 36.9 Å². The molecule has 0 aliphatic rings. The predicted octanol–water partition coefficient (Wildman–Crippen LogP) is 3.78. The molecule has 1 aromatic rings. The Morgan fingerprint density at radius 1 is 1.10 bits per heavy atom. The predicted molar refractivity (Wildman–Crippen MR) is 83.6 cm³/mol. The minimum absolute atomic E-state index is 0.206. The van der Waals surface area contributed by atoms with E-state index in [0.717, 1.165) is 50.4 Å². The lowest BCUT2D eigenvalue weighted by molar-refractivity contribution is 0.0966. The second-order valence-corrected chi connectivity index (χ2v) is 4.93. The normalized spacial score (nSPS) is 10.8. The highest BCUT2D eigenvalue weighted by Crippen LogP contribution is 2.14. The summed E-state index contributed by atoms with van der Waals surface area (Å²) in [6.45, 7) is 9.95.